The van der Waals surface area contributed by atoms with Gasteiger partial charge in [-0.1, -0.05) is 18.2 Å². The number of rotatable bonds is 5. The van der Waals surface area contributed by atoms with E-state index in [4.69, 9.17) is 0 Å². The van der Waals surface area contributed by atoms with Crippen molar-refractivity contribution < 1.29 is 4.39 Å². The molecule has 2 aromatic rings. The molecule has 0 unspecified atom stereocenters. The van der Waals surface area contributed by atoms with Crippen LogP contribution in [0.15, 0.2) is 30.3 Å². The first-order chi connectivity index (χ1) is 9.60. The van der Waals surface area contributed by atoms with E-state index >= 15 is 0 Å². The molecule has 1 heterocycles. The van der Waals surface area contributed by atoms with Gasteiger partial charge in [0.2, 0.25) is 5.95 Å². The number of aryl methyl sites for hydroxylation is 1. The Morgan fingerprint density at radius 1 is 1.25 bits per heavy atom. The number of anilines is 2. The van der Waals surface area contributed by atoms with Crippen LogP contribution in [0.1, 0.15) is 18.2 Å². The van der Waals surface area contributed by atoms with Gasteiger partial charge in [-0.3, -0.25) is 0 Å². The van der Waals surface area contributed by atoms with E-state index in [9.17, 15) is 4.39 Å². The normalized spacial score (nSPS) is 10.4. The van der Waals surface area contributed by atoms with Crippen LogP contribution in [0.3, 0.4) is 0 Å². The smallest absolute Gasteiger partial charge is 0.224 e. The Morgan fingerprint density at radius 2 is 2.00 bits per heavy atom. The number of hydrogen-bond donors (Lipinski definition) is 1. The van der Waals surface area contributed by atoms with Crippen LogP contribution in [-0.2, 0) is 6.54 Å². The summed E-state index contributed by atoms with van der Waals surface area (Å²) in [7, 11) is 1.89. The Labute approximate surface area is 118 Å². The van der Waals surface area contributed by atoms with Crippen LogP contribution in [0.2, 0.25) is 0 Å². The molecule has 0 saturated carbocycles. The fraction of sp³-hybridized carbons (Fsp3) is 0.333. The van der Waals surface area contributed by atoms with E-state index in [-0.39, 0.29) is 5.82 Å². The second-order valence-electron chi connectivity index (χ2n) is 4.67. The zero-order valence-electron chi connectivity index (χ0n) is 12.0. The third kappa shape index (κ3) is 3.44. The molecule has 1 aromatic carbocycles. The summed E-state index contributed by atoms with van der Waals surface area (Å²) in [6, 6.07) is 8.67. The van der Waals surface area contributed by atoms with Crippen molar-refractivity contribution in [3.8, 4) is 0 Å². The molecule has 5 heteroatoms. The summed E-state index contributed by atoms with van der Waals surface area (Å²) in [5, 5.41) is 3.10. The van der Waals surface area contributed by atoms with Gasteiger partial charge in [0.05, 0.1) is 0 Å². The van der Waals surface area contributed by atoms with Gasteiger partial charge in [0.25, 0.3) is 0 Å². The van der Waals surface area contributed by atoms with E-state index in [2.05, 4.69) is 15.3 Å². The first-order valence-electron chi connectivity index (χ1n) is 6.64. The van der Waals surface area contributed by atoms with Crippen molar-refractivity contribution in [2.45, 2.75) is 20.4 Å². The van der Waals surface area contributed by atoms with E-state index in [1.165, 1.54) is 6.07 Å². The zero-order chi connectivity index (χ0) is 14.5. The predicted octanol–water partition coefficient (Wildman–Crippen LogP) is 2.99. The molecule has 0 saturated heterocycles. The van der Waals surface area contributed by atoms with E-state index in [1.807, 2.05) is 37.9 Å². The molecule has 4 nitrogen and oxygen atoms in total. The lowest BCUT2D eigenvalue weighted by atomic mass is 10.2. The van der Waals surface area contributed by atoms with Crippen LogP contribution in [0.5, 0.6) is 0 Å². The summed E-state index contributed by atoms with van der Waals surface area (Å²) in [5.41, 5.74) is 1.53. The second kappa shape index (κ2) is 6.32. The van der Waals surface area contributed by atoms with Crippen LogP contribution < -0.4 is 10.2 Å². The van der Waals surface area contributed by atoms with Gasteiger partial charge >= 0.3 is 0 Å². The van der Waals surface area contributed by atoms with Gasteiger partial charge in [0.1, 0.15) is 11.6 Å². The zero-order valence-corrected chi connectivity index (χ0v) is 12.0. The summed E-state index contributed by atoms with van der Waals surface area (Å²) in [5.74, 6) is 1.18. The molecule has 0 amide bonds. The lowest BCUT2D eigenvalue weighted by molar-refractivity contribution is 0.607. The largest absolute Gasteiger partial charge is 0.355 e. The number of nitrogens with one attached hydrogen (secondary N) is 1. The topological polar surface area (TPSA) is 41.1 Å². The maximum atomic E-state index is 13.7. The van der Waals surface area contributed by atoms with Gasteiger partial charge < -0.3 is 10.2 Å². The Hall–Kier alpha value is -2.17. The minimum absolute atomic E-state index is 0.197. The van der Waals surface area contributed by atoms with Crippen molar-refractivity contribution in [2.24, 2.45) is 0 Å². The first-order valence-corrected chi connectivity index (χ1v) is 6.64. The molecule has 1 aromatic heterocycles. The van der Waals surface area contributed by atoms with Gasteiger partial charge in [0, 0.05) is 37.5 Å². The van der Waals surface area contributed by atoms with Gasteiger partial charge in [-0.25, -0.2) is 9.37 Å². The quantitative estimate of drug-likeness (QED) is 0.910. The van der Waals surface area contributed by atoms with Crippen LogP contribution in [0.25, 0.3) is 0 Å². The third-order valence-corrected chi connectivity index (χ3v) is 2.93. The molecule has 20 heavy (non-hydrogen) atoms. The van der Waals surface area contributed by atoms with Crippen molar-refractivity contribution in [2.75, 3.05) is 23.8 Å². The summed E-state index contributed by atoms with van der Waals surface area (Å²) < 4.78 is 13.7. The number of aromatic nitrogens is 2. The Bertz CT molecular complexity index is 586. The van der Waals surface area contributed by atoms with Crippen LogP contribution in [0, 0.1) is 12.7 Å². The summed E-state index contributed by atoms with van der Waals surface area (Å²) in [4.78, 5) is 10.6. The van der Waals surface area contributed by atoms with Crippen molar-refractivity contribution in [3.05, 3.63) is 47.4 Å². The van der Waals surface area contributed by atoms with Crippen molar-refractivity contribution >= 4 is 11.8 Å². The molecule has 0 aliphatic heterocycles. The Kier molecular flexibility index (Phi) is 4.50. The molecule has 0 radical (unpaired) electrons. The van der Waals surface area contributed by atoms with E-state index in [1.54, 1.807) is 12.1 Å². The average Bonchev–Trinajstić information content (AvgIpc) is 2.41. The lowest BCUT2D eigenvalue weighted by Crippen LogP contribution is -2.19. The molecule has 0 aliphatic carbocycles. The van der Waals surface area contributed by atoms with Crippen molar-refractivity contribution in [3.63, 3.8) is 0 Å². The minimum atomic E-state index is -0.197. The molecule has 0 aliphatic rings. The van der Waals surface area contributed by atoms with Crippen LogP contribution in [0.4, 0.5) is 16.2 Å². The molecule has 0 spiro atoms. The number of nitrogens with zero attached hydrogens (tertiary/aromatic N) is 3. The fourth-order valence-electron chi connectivity index (χ4n) is 1.95. The molecule has 0 bridgehead atoms. The minimum Gasteiger partial charge on any atom is -0.355 e. The SMILES string of the molecule is CCNc1nc(C)cc(N(C)Cc2ccccc2F)n1. The summed E-state index contributed by atoms with van der Waals surface area (Å²) in [6.07, 6.45) is 0. The lowest BCUT2D eigenvalue weighted by Gasteiger charge is -2.19. The number of benzene rings is 1. The highest BCUT2D eigenvalue weighted by atomic mass is 19.1. The molecule has 0 atom stereocenters. The van der Waals surface area contributed by atoms with Gasteiger partial charge in [0.15, 0.2) is 0 Å². The summed E-state index contributed by atoms with van der Waals surface area (Å²) >= 11 is 0. The molecule has 106 valence electrons. The van der Waals surface area contributed by atoms with Gasteiger partial charge in [-0.05, 0) is 19.9 Å². The first kappa shape index (κ1) is 14.2. The standard InChI is InChI=1S/C15H19FN4/c1-4-17-15-18-11(2)9-14(19-15)20(3)10-12-7-5-6-8-13(12)16/h5-9H,4,10H2,1-3H3,(H,17,18,19). The third-order valence-electron chi connectivity index (χ3n) is 2.93. The van der Waals surface area contributed by atoms with Crippen molar-refractivity contribution in [1.82, 2.24) is 9.97 Å². The second-order valence-corrected chi connectivity index (χ2v) is 4.67. The van der Waals surface area contributed by atoms with E-state index in [0.29, 0.717) is 18.1 Å². The molecular weight excluding hydrogens is 255 g/mol. The molecule has 1 N–H and O–H groups in total. The average molecular weight is 274 g/mol. The van der Waals surface area contributed by atoms with Gasteiger partial charge in [-0.2, -0.15) is 4.98 Å². The number of hydrogen-bond acceptors (Lipinski definition) is 4. The monoisotopic (exact) mass is 274 g/mol. The van der Waals surface area contributed by atoms with Gasteiger partial charge in [-0.15, -0.1) is 0 Å². The maximum Gasteiger partial charge on any atom is 0.224 e. The Balaban J connectivity index is 2.20. The van der Waals surface area contributed by atoms with E-state index < -0.39 is 0 Å². The molecule has 2 rings (SSSR count). The molecular formula is C15H19FN4. The Morgan fingerprint density at radius 3 is 2.70 bits per heavy atom. The predicted molar refractivity (Wildman–Crippen MR) is 79.4 cm³/mol. The highest BCUT2D eigenvalue weighted by molar-refractivity contribution is 5.44. The highest BCUT2D eigenvalue weighted by Gasteiger charge is 2.09. The summed E-state index contributed by atoms with van der Waals surface area (Å²) in [6.45, 7) is 5.14. The highest BCUT2D eigenvalue weighted by Crippen LogP contribution is 2.17. The maximum absolute atomic E-state index is 13.7. The molecule has 0 fully saturated rings. The fourth-order valence-corrected chi connectivity index (χ4v) is 1.95. The van der Waals surface area contributed by atoms with Crippen molar-refractivity contribution in [1.29, 1.82) is 0 Å². The van der Waals surface area contributed by atoms with Crippen LogP contribution in [-0.4, -0.2) is 23.6 Å². The van der Waals surface area contributed by atoms with Crippen LogP contribution >= 0.6 is 0 Å². The number of halogens is 1. The van der Waals surface area contributed by atoms with E-state index in [0.717, 1.165) is 18.1 Å².